The molecule has 4 unspecified atom stereocenters. The zero-order valence-electron chi connectivity index (χ0n) is 23.6. The number of carboxylic acid groups (broad SMARTS) is 1. The van der Waals surface area contributed by atoms with E-state index in [9.17, 15) is 24.3 Å². The summed E-state index contributed by atoms with van der Waals surface area (Å²) in [5, 5.41) is 16.0. The summed E-state index contributed by atoms with van der Waals surface area (Å²) in [4.78, 5) is 57.0. The fraction of sp³-hybridized carbons (Fsp3) is 0.419. The van der Waals surface area contributed by atoms with Crippen LogP contribution < -0.4 is 22.1 Å². The molecule has 42 heavy (non-hydrogen) atoms. The van der Waals surface area contributed by atoms with E-state index >= 15 is 0 Å². The van der Waals surface area contributed by atoms with Crippen molar-refractivity contribution in [2.75, 3.05) is 13.1 Å². The number of nitrogens with zero attached hydrogens (tertiary/aromatic N) is 1. The van der Waals surface area contributed by atoms with E-state index < -0.39 is 47.9 Å². The molecule has 3 amide bonds. The molecular weight excluding hydrogens is 536 g/mol. The van der Waals surface area contributed by atoms with E-state index in [-0.39, 0.29) is 12.8 Å². The van der Waals surface area contributed by atoms with Crippen LogP contribution in [0.25, 0.3) is 10.9 Å². The van der Waals surface area contributed by atoms with Gasteiger partial charge in [-0.25, -0.2) is 4.79 Å². The summed E-state index contributed by atoms with van der Waals surface area (Å²) in [5.41, 5.74) is 14.4. The molecule has 0 aliphatic carbocycles. The van der Waals surface area contributed by atoms with Gasteiger partial charge in [-0.3, -0.25) is 14.4 Å². The third kappa shape index (κ3) is 7.74. The lowest BCUT2D eigenvalue weighted by atomic mass is 10.0. The molecule has 1 aliphatic heterocycles. The molecule has 1 fully saturated rings. The van der Waals surface area contributed by atoms with E-state index in [1.807, 2.05) is 60.8 Å². The predicted octanol–water partition coefficient (Wildman–Crippen LogP) is 1.45. The Kier molecular flexibility index (Phi) is 10.7. The van der Waals surface area contributed by atoms with E-state index in [1.54, 1.807) is 0 Å². The number of nitrogens with one attached hydrogen (secondary N) is 3. The summed E-state index contributed by atoms with van der Waals surface area (Å²) in [5.74, 6) is -2.52. The smallest absolute Gasteiger partial charge is 0.326 e. The summed E-state index contributed by atoms with van der Waals surface area (Å²) in [6.07, 6.45) is 4.73. The van der Waals surface area contributed by atoms with Crippen molar-refractivity contribution in [1.82, 2.24) is 20.5 Å². The number of fused-ring (bicyclic) bond motifs is 1. The van der Waals surface area contributed by atoms with Gasteiger partial charge in [-0.05, 0) is 62.3 Å². The highest BCUT2D eigenvalue weighted by Crippen LogP contribution is 2.23. The van der Waals surface area contributed by atoms with Gasteiger partial charge in [0, 0.05) is 30.1 Å². The summed E-state index contributed by atoms with van der Waals surface area (Å²) < 4.78 is 0. The first-order valence-electron chi connectivity index (χ1n) is 14.5. The van der Waals surface area contributed by atoms with E-state index in [2.05, 4.69) is 15.6 Å². The number of nitrogens with two attached hydrogens (primary N) is 2. The van der Waals surface area contributed by atoms with Crippen LogP contribution in [0, 0.1) is 0 Å². The average molecular weight is 577 g/mol. The van der Waals surface area contributed by atoms with Gasteiger partial charge in [0.2, 0.25) is 17.7 Å². The normalized spacial score (nSPS) is 17.0. The second-order valence-corrected chi connectivity index (χ2v) is 10.8. The van der Waals surface area contributed by atoms with Gasteiger partial charge in [-0.15, -0.1) is 0 Å². The SMILES string of the molecule is NCCCCC(NC(=O)C1CCCN1C(=O)C(Cc1c[nH]c2ccccc12)NC(=O)C(N)Cc1ccccc1)C(=O)O. The molecule has 2 heterocycles. The third-order valence-electron chi connectivity index (χ3n) is 7.75. The van der Waals surface area contributed by atoms with Crippen molar-refractivity contribution in [3.63, 3.8) is 0 Å². The Morgan fingerprint density at radius 1 is 0.976 bits per heavy atom. The summed E-state index contributed by atoms with van der Waals surface area (Å²) in [6.45, 7) is 0.752. The molecule has 3 aromatic rings. The van der Waals surface area contributed by atoms with Crippen LogP contribution in [-0.4, -0.2) is 75.9 Å². The van der Waals surface area contributed by atoms with Gasteiger partial charge in [-0.1, -0.05) is 48.5 Å². The highest BCUT2D eigenvalue weighted by atomic mass is 16.4. The fourth-order valence-electron chi connectivity index (χ4n) is 5.48. The molecule has 4 rings (SSSR count). The van der Waals surface area contributed by atoms with E-state index in [0.717, 1.165) is 22.0 Å². The van der Waals surface area contributed by atoms with Gasteiger partial charge in [0.1, 0.15) is 18.1 Å². The van der Waals surface area contributed by atoms with Gasteiger partial charge in [0.05, 0.1) is 6.04 Å². The molecule has 0 saturated carbocycles. The monoisotopic (exact) mass is 576 g/mol. The molecule has 2 aromatic carbocycles. The maximum Gasteiger partial charge on any atom is 0.326 e. The number of benzene rings is 2. The number of aromatic amines is 1. The number of carbonyl (C=O) groups excluding carboxylic acids is 3. The Balaban J connectivity index is 1.52. The molecule has 1 aromatic heterocycles. The quantitative estimate of drug-likeness (QED) is 0.157. The van der Waals surface area contributed by atoms with Crippen LogP contribution in [0.5, 0.6) is 0 Å². The van der Waals surface area contributed by atoms with Crippen molar-refractivity contribution in [3.8, 4) is 0 Å². The molecule has 1 aliphatic rings. The zero-order valence-corrected chi connectivity index (χ0v) is 23.6. The summed E-state index contributed by atoms with van der Waals surface area (Å²) >= 11 is 0. The Bertz CT molecular complexity index is 1380. The number of aliphatic carboxylic acids is 1. The van der Waals surface area contributed by atoms with Crippen molar-refractivity contribution >= 4 is 34.6 Å². The van der Waals surface area contributed by atoms with Gasteiger partial charge in [0.15, 0.2) is 0 Å². The number of amides is 3. The first-order valence-corrected chi connectivity index (χ1v) is 14.5. The molecular formula is C31H40N6O5. The highest BCUT2D eigenvalue weighted by molar-refractivity contribution is 5.95. The second kappa shape index (κ2) is 14.6. The van der Waals surface area contributed by atoms with Crippen molar-refractivity contribution < 1.29 is 24.3 Å². The van der Waals surface area contributed by atoms with Crippen LogP contribution in [0.3, 0.4) is 0 Å². The van der Waals surface area contributed by atoms with Crippen molar-refractivity contribution in [2.24, 2.45) is 11.5 Å². The van der Waals surface area contributed by atoms with Gasteiger partial charge in [-0.2, -0.15) is 0 Å². The van der Waals surface area contributed by atoms with Crippen molar-refractivity contribution in [1.29, 1.82) is 0 Å². The second-order valence-electron chi connectivity index (χ2n) is 10.8. The lowest BCUT2D eigenvalue weighted by Gasteiger charge is -2.30. The molecule has 0 bridgehead atoms. The van der Waals surface area contributed by atoms with E-state index in [4.69, 9.17) is 11.5 Å². The zero-order chi connectivity index (χ0) is 30.1. The maximum absolute atomic E-state index is 14.0. The number of likely N-dealkylation sites (tertiary alicyclic amines) is 1. The van der Waals surface area contributed by atoms with Gasteiger partial charge < -0.3 is 37.1 Å². The third-order valence-corrected chi connectivity index (χ3v) is 7.75. The maximum atomic E-state index is 14.0. The molecule has 8 N–H and O–H groups in total. The number of para-hydroxylation sites is 1. The number of hydrogen-bond acceptors (Lipinski definition) is 6. The van der Waals surface area contributed by atoms with Gasteiger partial charge >= 0.3 is 5.97 Å². The fourth-order valence-corrected chi connectivity index (χ4v) is 5.48. The molecule has 11 heteroatoms. The minimum atomic E-state index is -1.13. The van der Waals surface area contributed by atoms with Crippen molar-refractivity contribution in [3.05, 3.63) is 71.9 Å². The average Bonchev–Trinajstić information content (AvgIpc) is 3.64. The number of unbranched alkanes of at least 4 members (excludes halogenated alkanes) is 1. The number of carbonyl (C=O) groups is 4. The van der Waals surface area contributed by atoms with Crippen LogP contribution in [0.2, 0.25) is 0 Å². The van der Waals surface area contributed by atoms with Crippen LogP contribution in [0.4, 0.5) is 0 Å². The van der Waals surface area contributed by atoms with Crippen molar-refractivity contribution in [2.45, 2.75) is 69.1 Å². The highest BCUT2D eigenvalue weighted by Gasteiger charge is 2.39. The molecule has 0 radical (unpaired) electrons. The molecule has 1 saturated heterocycles. The predicted molar refractivity (Wildman–Crippen MR) is 159 cm³/mol. The summed E-state index contributed by atoms with van der Waals surface area (Å²) in [7, 11) is 0. The first-order chi connectivity index (χ1) is 20.3. The number of carboxylic acids is 1. The Morgan fingerprint density at radius 3 is 2.45 bits per heavy atom. The lowest BCUT2D eigenvalue weighted by molar-refractivity contribution is -0.145. The van der Waals surface area contributed by atoms with Crippen LogP contribution >= 0.6 is 0 Å². The number of H-pyrrole nitrogens is 1. The Hall–Kier alpha value is -4.22. The Labute approximate surface area is 245 Å². The number of hydrogen-bond donors (Lipinski definition) is 6. The molecule has 4 atom stereocenters. The first kappa shape index (κ1) is 30.7. The van der Waals surface area contributed by atoms with Gasteiger partial charge in [0.25, 0.3) is 0 Å². The van der Waals surface area contributed by atoms with E-state index in [1.165, 1.54) is 4.90 Å². The number of aromatic nitrogens is 1. The van der Waals surface area contributed by atoms with Crippen LogP contribution in [0.1, 0.15) is 43.2 Å². The topological polar surface area (TPSA) is 184 Å². The molecule has 224 valence electrons. The standard InChI is InChI=1S/C31H40N6O5/c32-15-7-6-13-25(31(41)42)35-29(39)27-14-8-16-37(27)30(40)26(18-21-19-34-24-12-5-4-11-22(21)24)36-28(38)23(33)17-20-9-2-1-3-10-20/h1-5,9-12,19,23,25-27,34H,6-8,13-18,32-33H2,(H,35,39)(H,36,38)(H,41,42). The lowest BCUT2D eigenvalue weighted by Crippen LogP contribution is -2.57. The largest absolute Gasteiger partial charge is 0.480 e. The molecule has 0 spiro atoms. The van der Waals surface area contributed by atoms with Crippen LogP contribution in [-0.2, 0) is 32.0 Å². The minimum absolute atomic E-state index is 0.189. The Morgan fingerprint density at radius 2 is 1.71 bits per heavy atom. The summed E-state index contributed by atoms with van der Waals surface area (Å²) in [6, 6.07) is 13.3. The minimum Gasteiger partial charge on any atom is -0.480 e. The number of rotatable bonds is 14. The molecule has 11 nitrogen and oxygen atoms in total. The van der Waals surface area contributed by atoms with Crippen LogP contribution in [0.15, 0.2) is 60.8 Å². The van der Waals surface area contributed by atoms with E-state index in [0.29, 0.717) is 45.2 Å².